The van der Waals surface area contributed by atoms with Gasteiger partial charge in [0, 0.05) is 30.1 Å². The predicted molar refractivity (Wildman–Crippen MR) is 83.5 cm³/mol. The van der Waals surface area contributed by atoms with Gasteiger partial charge in [-0.15, -0.1) is 0 Å². The summed E-state index contributed by atoms with van der Waals surface area (Å²) in [6.45, 7) is 2.49. The van der Waals surface area contributed by atoms with E-state index in [0.29, 0.717) is 24.6 Å². The smallest absolute Gasteiger partial charge is 0.248 e. The maximum absolute atomic E-state index is 11.5. The number of aryl methyl sites for hydroxylation is 1. The Kier molecular flexibility index (Phi) is 4.29. The number of carbonyl (C=O) groups is 1. The van der Waals surface area contributed by atoms with Gasteiger partial charge in [0.1, 0.15) is 19.0 Å². The highest BCUT2D eigenvalue weighted by atomic mass is 16.5. The molecule has 0 radical (unpaired) electrons. The average molecular weight is 317 g/mol. The van der Waals surface area contributed by atoms with Crippen molar-refractivity contribution < 1.29 is 19.4 Å². The van der Waals surface area contributed by atoms with Gasteiger partial charge in [0.15, 0.2) is 11.5 Å². The Hall–Kier alpha value is -2.41. The van der Waals surface area contributed by atoms with Crippen molar-refractivity contribution in [3.05, 3.63) is 24.2 Å². The number of methoxy groups -OCH3 is 1. The van der Waals surface area contributed by atoms with E-state index in [1.165, 1.54) is 6.33 Å². The second-order valence-electron chi connectivity index (χ2n) is 5.51. The molecule has 1 aliphatic rings. The van der Waals surface area contributed by atoms with Crippen molar-refractivity contribution in [3.63, 3.8) is 0 Å². The monoisotopic (exact) mass is 317 g/mol. The van der Waals surface area contributed by atoms with Crippen LogP contribution in [0.25, 0.3) is 10.9 Å². The number of fused-ring (bicyclic) bond motifs is 1. The van der Waals surface area contributed by atoms with Gasteiger partial charge in [-0.05, 0) is 13.0 Å². The summed E-state index contributed by atoms with van der Waals surface area (Å²) in [7, 11) is 1.58. The molecular weight excluding hydrogens is 298 g/mol. The van der Waals surface area contributed by atoms with Crippen LogP contribution in [0.5, 0.6) is 11.5 Å². The molecule has 1 saturated heterocycles. The van der Waals surface area contributed by atoms with Gasteiger partial charge in [-0.1, -0.05) is 0 Å². The number of aliphatic hydroxyl groups is 1. The van der Waals surface area contributed by atoms with Crippen LogP contribution in [0, 0.1) is 6.92 Å². The zero-order valence-electron chi connectivity index (χ0n) is 13.2. The quantitative estimate of drug-likeness (QED) is 0.902. The van der Waals surface area contributed by atoms with Crippen LogP contribution in [0.1, 0.15) is 12.1 Å². The molecule has 1 amide bonds. The number of hydrogen-bond acceptors (Lipinski definition) is 6. The summed E-state index contributed by atoms with van der Waals surface area (Å²) in [4.78, 5) is 21.6. The standard InChI is InChI=1S/C16H19N3O4/c1-10-12-5-15(14(22-2)6-13(12)18-9-17-10)23-11-3-4-19(7-11)16(21)8-20/h5-6,9,11,20H,3-4,7-8H2,1-2H3. The number of hydrogen-bond donors (Lipinski definition) is 1. The zero-order chi connectivity index (χ0) is 16.4. The van der Waals surface area contributed by atoms with E-state index in [1.807, 2.05) is 19.1 Å². The summed E-state index contributed by atoms with van der Waals surface area (Å²) in [5.41, 5.74) is 1.66. The molecule has 1 N–H and O–H groups in total. The second kappa shape index (κ2) is 6.37. The van der Waals surface area contributed by atoms with E-state index in [9.17, 15) is 4.79 Å². The second-order valence-corrected chi connectivity index (χ2v) is 5.51. The molecule has 2 heterocycles. The fraction of sp³-hybridized carbons (Fsp3) is 0.438. The summed E-state index contributed by atoms with van der Waals surface area (Å²) in [6, 6.07) is 3.70. The van der Waals surface area contributed by atoms with E-state index in [1.54, 1.807) is 12.0 Å². The van der Waals surface area contributed by atoms with E-state index < -0.39 is 6.61 Å². The molecule has 0 spiro atoms. The number of aromatic nitrogens is 2. The van der Waals surface area contributed by atoms with E-state index in [0.717, 1.165) is 23.0 Å². The number of ether oxygens (including phenoxy) is 2. The first-order valence-corrected chi connectivity index (χ1v) is 7.47. The molecule has 1 unspecified atom stereocenters. The van der Waals surface area contributed by atoms with E-state index in [-0.39, 0.29) is 12.0 Å². The third kappa shape index (κ3) is 3.05. The van der Waals surface area contributed by atoms with E-state index in [4.69, 9.17) is 14.6 Å². The average Bonchev–Trinajstić information content (AvgIpc) is 3.03. The molecule has 23 heavy (non-hydrogen) atoms. The highest BCUT2D eigenvalue weighted by molar-refractivity contribution is 5.84. The van der Waals surface area contributed by atoms with Gasteiger partial charge in [-0.3, -0.25) is 4.79 Å². The molecule has 1 atom stereocenters. The number of benzene rings is 1. The molecule has 122 valence electrons. The molecular formula is C16H19N3O4. The Bertz CT molecular complexity index is 735. The number of likely N-dealkylation sites (tertiary alicyclic amines) is 1. The van der Waals surface area contributed by atoms with Crippen LogP contribution < -0.4 is 9.47 Å². The summed E-state index contributed by atoms with van der Waals surface area (Å²) < 4.78 is 11.4. The zero-order valence-corrected chi connectivity index (χ0v) is 13.2. The fourth-order valence-electron chi connectivity index (χ4n) is 2.78. The van der Waals surface area contributed by atoms with Gasteiger partial charge < -0.3 is 19.5 Å². The maximum Gasteiger partial charge on any atom is 0.248 e. The normalized spacial score (nSPS) is 17.5. The summed E-state index contributed by atoms with van der Waals surface area (Å²) in [6.07, 6.45) is 2.12. The summed E-state index contributed by atoms with van der Waals surface area (Å²) >= 11 is 0. The highest BCUT2D eigenvalue weighted by Crippen LogP contribution is 2.34. The number of carbonyl (C=O) groups excluding carboxylic acids is 1. The summed E-state index contributed by atoms with van der Waals surface area (Å²) in [5.74, 6) is 0.939. The van der Waals surface area contributed by atoms with Gasteiger partial charge in [0.05, 0.1) is 19.2 Å². The van der Waals surface area contributed by atoms with Crippen molar-refractivity contribution in [2.45, 2.75) is 19.4 Å². The lowest BCUT2D eigenvalue weighted by Gasteiger charge is -2.18. The molecule has 0 aliphatic carbocycles. The number of nitrogens with zero attached hydrogens (tertiary/aromatic N) is 3. The number of aliphatic hydroxyl groups excluding tert-OH is 1. The Morgan fingerprint density at radius 1 is 1.39 bits per heavy atom. The molecule has 7 heteroatoms. The minimum absolute atomic E-state index is 0.123. The van der Waals surface area contributed by atoms with Crippen LogP contribution in [0.4, 0.5) is 0 Å². The summed E-state index contributed by atoms with van der Waals surface area (Å²) in [5, 5.41) is 9.84. The Labute approximate surface area is 133 Å². The molecule has 0 saturated carbocycles. The van der Waals surface area contributed by atoms with Gasteiger partial charge in [0.2, 0.25) is 5.91 Å². The van der Waals surface area contributed by atoms with Crippen molar-refractivity contribution in [2.24, 2.45) is 0 Å². The van der Waals surface area contributed by atoms with E-state index >= 15 is 0 Å². The van der Waals surface area contributed by atoms with Crippen LogP contribution in [0.15, 0.2) is 18.5 Å². The largest absolute Gasteiger partial charge is 0.493 e. The highest BCUT2D eigenvalue weighted by Gasteiger charge is 2.28. The van der Waals surface area contributed by atoms with Gasteiger partial charge in [0.25, 0.3) is 0 Å². The molecule has 1 aliphatic heterocycles. The number of amides is 1. The molecule has 1 aromatic carbocycles. The first-order chi connectivity index (χ1) is 11.1. The van der Waals surface area contributed by atoms with Crippen LogP contribution in [0.2, 0.25) is 0 Å². The van der Waals surface area contributed by atoms with Crippen molar-refractivity contribution in [1.82, 2.24) is 14.9 Å². The molecule has 1 aromatic heterocycles. The van der Waals surface area contributed by atoms with Crippen LogP contribution >= 0.6 is 0 Å². The topological polar surface area (TPSA) is 84.8 Å². The minimum atomic E-state index is -0.470. The van der Waals surface area contributed by atoms with Crippen molar-refractivity contribution in [3.8, 4) is 11.5 Å². The molecule has 2 aromatic rings. The lowest BCUT2D eigenvalue weighted by molar-refractivity contribution is -0.133. The lowest BCUT2D eigenvalue weighted by Crippen LogP contribution is -2.32. The maximum atomic E-state index is 11.5. The molecule has 0 bridgehead atoms. The number of rotatable bonds is 4. The molecule has 1 fully saturated rings. The van der Waals surface area contributed by atoms with Crippen LogP contribution in [0.3, 0.4) is 0 Å². The minimum Gasteiger partial charge on any atom is -0.493 e. The third-order valence-corrected chi connectivity index (χ3v) is 4.05. The first-order valence-electron chi connectivity index (χ1n) is 7.47. The van der Waals surface area contributed by atoms with Crippen LogP contribution in [-0.4, -0.2) is 58.8 Å². The van der Waals surface area contributed by atoms with Crippen molar-refractivity contribution in [1.29, 1.82) is 0 Å². The Morgan fingerprint density at radius 2 is 2.22 bits per heavy atom. The van der Waals surface area contributed by atoms with Crippen molar-refractivity contribution >= 4 is 16.8 Å². The van der Waals surface area contributed by atoms with Gasteiger partial charge >= 0.3 is 0 Å². The van der Waals surface area contributed by atoms with Gasteiger partial charge in [-0.2, -0.15) is 0 Å². The van der Waals surface area contributed by atoms with Crippen molar-refractivity contribution in [2.75, 3.05) is 26.8 Å². The SMILES string of the molecule is COc1cc2ncnc(C)c2cc1OC1CCN(C(=O)CO)C1. The molecule has 7 nitrogen and oxygen atoms in total. The van der Waals surface area contributed by atoms with Crippen LogP contribution in [-0.2, 0) is 4.79 Å². The predicted octanol–water partition coefficient (Wildman–Crippen LogP) is 0.919. The first kappa shape index (κ1) is 15.5. The fourth-order valence-corrected chi connectivity index (χ4v) is 2.78. The third-order valence-electron chi connectivity index (χ3n) is 4.05. The molecule has 3 rings (SSSR count). The Balaban J connectivity index is 1.85. The lowest BCUT2D eigenvalue weighted by atomic mass is 10.1. The van der Waals surface area contributed by atoms with Gasteiger partial charge in [-0.25, -0.2) is 9.97 Å². The van der Waals surface area contributed by atoms with E-state index in [2.05, 4.69) is 9.97 Å². The Morgan fingerprint density at radius 3 is 2.96 bits per heavy atom.